The van der Waals surface area contributed by atoms with Crippen LogP contribution in [0.1, 0.15) is 47.0 Å². The molecule has 0 atom stereocenters. The summed E-state index contributed by atoms with van der Waals surface area (Å²) >= 11 is 0. The van der Waals surface area contributed by atoms with E-state index in [2.05, 4.69) is 49.3 Å². The number of aliphatic imine (C=N–C) groups is 1. The number of allylic oxidation sites excluding steroid dienone is 1. The molecule has 36 heavy (non-hydrogen) atoms. The fourth-order valence-electron chi connectivity index (χ4n) is 4.27. The minimum Gasteiger partial charge on any atom is -0.404 e. The van der Waals surface area contributed by atoms with E-state index in [1.54, 1.807) is 25.4 Å². The molecule has 5 N–H and O–H groups in total. The molecule has 3 aromatic rings. The quantitative estimate of drug-likeness (QED) is 0.288. The number of nitrogens with zero attached hydrogens (tertiary/aromatic N) is 4. The second-order valence-electron chi connectivity index (χ2n) is 9.26. The second kappa shape index (κ2) is 10.2. The Balaban J connectivity index is 0.00000253. The summed E-state index contributed by atoms with van der Waals surface area (Å²) < 4.78 is 14.4. The lowest BCUT2D eigenvalue weighted by molar-refractivity contribution is -0.118. The number of anilines is 2. The molecule has 194 valence electrons. The highest BCUT2D eigenvalue weighted by molar-refractivity contribution is 6.11. The Morgan fingerprint density at radius 1 is 1.28 bits per heavy atom. The number of hydrogen-bond acceptors (Lipinski definition) is 7. The van der Waals surface area contributed by atoms with Crippen molar-refractivity contribution in [3.05, 3.63) is 54.0 Å². The maximum Gasteiger partial charge on any atom is 0.257 e. The number of amides is 2. The van der Waals surface area contributed by atoms with Crippen molar-refractivity contribution in [2.24, 2.45) is 10.7 Å². The number of halogens is 1. The van der Waals surface area contributed by atoms with Gasteiger partial charge in [-0.3, -0.25) is 19.5 Å². The van der Waals surface area contributed by atoms with Crippen LogP contribution in [0.2, 0.25) is 0 Å². The fourth-order valence-corrected chi connectivity index (χ4v) is 4.27. The highest BCUT2D eigenvalue weighted by atomic mass is 19.1. The van der Waals surface area contributed by atoms with E-state index < -0.39 is 11.9 Å². The molecule has 0 radical (unpaired) electrons. The van der Waals surface area contributed by atoms with Gasteiger partial charge in [0.25, 0.3) is 5.91 Å². The first-order chi connectivity index (χ1) is 17.2. The van der Waals surface area contributed by atoms with Crippen LogP contribution < -0.4 is 16.4 Å². The number of carbonyl (C=O) groups is 2. The summed E-state index contributed by atoms with van der Waals surface area (Å²) in [7, 11) is 1.63. The van der Waals surface area contributed by atoms with Crippen LogP contribution in [0.25, 0.3) is 16.6 Å². The van der Waals surface area contributed by atoms with Gasteiger partial charge < -0.3 is 21.4 Å². The third-order valence-electron chi connectivity index (χ3n) is 6.27. The number of H-pyrrole nitrogens is 1. The van der Waals surface area contributed by atoms with Crippen LogP contribution in [0.5, 0.6) is 0 Å². The molecule has 11 heteroatoms. The molecule has 0 unspecified atom stereocenters. The first-order valence-electron chi connectivity index (χ1n) is 11.5. The van der Waals surface area contributed by atoms with Crippen LogP contribution in [0.4, 0.5) is 15.8 Å². The van der Waals surface area contributed by atoms with E-state index in [0.717, 1.165) is 19.4 Å². The number of aromatic amines is 1. The van der Waals surface area contributed by atoms with Crippen molar-refractivity contribution < 1.29 is 18.3 Å². The molecule has 1 aliphatic heterocycles. The summed E-state index contributed by atoms with van der Waals surface area (Å²) in [6.07, 6.45) is 7.68. The van der Waals surface area contributed by atoms with E-state index >= 15 is 0 Å². The molecule has 3 aromatic heterocycles. The van der Waals surface area contributed by atoms with Gasteiger partial charge in [-0.25, -0.2) is 9.97 Å². The molecule has 2 amide bonds. The average Bonchev–Trinajstić information content (AvgIpc) is 3.41. The summed E-state index contributed by atoms with van der Waals surface area (Å²) in [5.41, 5.74) is 7.90. The van der Waals surface area contributed by atoms with Crippen LogP contribution in [-0.4, -0.2) is 63.6 Å². The van der Waals surface area contributed by atoms with Crippen molar-refractivity contribution in [2.45, 2.75) is 32.2 Å². The first kappa shape index (κ1) is 25.0. The second-order valence-corrected chi connectivity index (χ2v) is 9.26. The topological polar surface area (TPSA) is 141 Å². The van der Waals surface area contributed by atoms with Crippen LogP contribution in [-0.2, 0) is 4.79 Å². The van der Waals surface area contributed by atoms with Gasteiger partial charge in [0.15, 0.2) is 0 Å². The Bertz CT molecular complexity index is 1380. The monoisotopic (exact) mass is 498 g/mol. The largest absolute Gasteiger partial charge is 0.404 e. The minimum atomic E-state index is -0.864. The van der Waals surface area contributed by atoms with E-state index in [0.29, 0.717) is 22.3 Å². The van der Waals surface area contributed by atoms with E-state index in [1.165, 1.54) is 24.7 Å². The molecule has 0 saturated carbocycles. The summed E-state index contributed by atoms with van der Waals surface area (Å²) in [5.74, 6) is -1.66. The summed E-state index contributed by atoms with van der Waals surface area (Å²) in [6.45, 7) is 5.28. The predicted molar refractivity (Wildman–Crippen MR) is 145 cm³/mol. The van der Waals surface area contributed by atoms with Gasteiger partial charge in [0.05, 0.1) is 35.4 Å². The van der Waals surface area contributed by atoms with E-state index in [9.17, 15) is 14.0 Å². The van der Waals surface area contributed by atoms with Crippen LogP contribution in [0, 0.1) is 5.95 Å². The number of carbonyl (C=O) groups excluding carboxylic acids is 2. The Kier molecular flexibility index (Phi) is 7.11. The molecule has 0 bridgehead atoms. The van der Waals surface area contributed by atoms with Gasteiger partial charge in [-0.15, -0.1) is 0 Å². The zero-order valence-electron chi connectivity index (χ0n) is 20.4. The van der Waals surface area contributed by atoms with Gasteiger partial charge in [-0.2, -0.15) is 4.39 Å². The van der Waals surface area contributed by atoms with E-state index in [1.807, 2.05) is 0 Å². The number of fused-ring (bicyclic) bond motifs is 1. The first-order valence-corrected chi connectivity index (χ1v) is 11.5. The lowest BCUT2D eigenvalue weighted by Crippen LogP contribution is -2.42. The Morgan fingerprint density at radius 2 is 2.08 bits per heavy atom. The van der Waals surface area contributed by atoms with Crippen molar-refractivity contribution in [3.8, 4) is 0 Å². The van der Waals surface area contributed by atoms with Crippen LogP contribution >= 0.6 is 0 Å². The third kappa shape index (κ3) is 5.41. The number of aromatic nitrogens is 3. The molecule has 0 aromatic carbocycles. The summed E-state index contributed by atoms with van der Waals surface area (Å²) in [6, 6.07) is 4.76. The summed E-state index contributed by atoms with van der Waals surface area (Å²) in [4.78, 5) is 42.5. The van der Waals surface area contributed by atoms with Crippen molar-refractivity contribution in [1.29, 1.82) is 0 Å². The Hall–Kier alpha value is -4.12. The number of nitrogens with two attached hydrogens (primary N) is 1. The number of rotatable bonds is 7. The smallest absolute Gasteiger partial charge is 0.257 e. The van der Waals surface area contributed by atoms with Crippen LogP contribution in [0.15, 0.2) is 41.8 Å². The molecule has 1 fully saturated rings. The molecule has 0 spiro atoms. The Morgan fingerprint density at radius 3 is 2.78 bits per heavy atom. The van der Waals surface area contributed by atoms with Crippen molar-refractivity contribution in [3.63, 3.8) is 0 Å². The number of nitrogens with one attached hydrogen (secondary N) is 3. The molecule has 4 rings (SSSR count). The van der Waals surface area contributed by atoms with Gasteiger partial charge >= 0.3 is 0 Å². The lowest BCUT2D eigenvalue weighted by Gasteiger charge is -2.30. The van der Waals surface area contributed by atoms with Gasteiger partial charge in [0.1, 0.15) is 5.65 Å². The maximum absolute atomic E-state index is 14.4. The lowest BCUT2D eigenvalue weighted by atomic mass is 10.0. The van der Waals surface area contributed by atoms with Gasteiger partial charge in [-0.1, -0.05) is 0 Å². The molecule has 10 nitrogen and oxygen atoms in total. The molecule has 1 aliphatic rings. The SMILES string of the molecule is CN=C/C(=C\N)c1cc2cc(C(=O)Nc3cc(NC(=O)CN4CCCC4(C)C)cnc3F)cnc2[nH]1.[HH].[HH].[HH]. The van der Waals surface area contributed by atoms with Gasteiger partial charge in [-0.05, 0) is 51.4 Å². The maximum atomic E-state index is 14.4. The number of hydrogen-bond donors (Lipinski definition) is 4. The number of likely N-dealkylation sites (tertiary alicyclic amines) is 1. The van der Waals surface area contributed by atoms with Gasteiger partial charge in [0, 0.05) is 46.4 Å². The molecular formula is C25H35FN8O2. The van der Waals surface area contributed by atoms with E-state index in [-0.39, 0.29) is 39.2 Å². The van der Waals surface area contributed by atoms with Crippen molar-refractivity contribution in [2.75, 3.05) is 30.8 Å². The molecule has 0 aliphatic carbocycles. The van der Waals surface area contributed by atoms with Crippen molar-refractivity contribution in [1.82, 2.24) is 19.9 Å². The van der Waals surface area contributed by atoms with Crippen molar-refractivity contribution >= 4 is 46.0 Å². The van der Waals surface area contributed by atoms with Crippen LogP contribution in [0.3, 0.4) is 0 Å². The highest BCUT2D eigenvalue weighted by Crippen LogP contribution is 2.28. The third-order valence-corrected chi connectivity index (χ3v) is 6.27. The fraction of sp³-hybridized carbons (Fsp3) is 0.320. The summed E-state index contributed by atoms with van der Waals surface area (Å²) in [5, 5.41) is 5.92. The predicted octanol–water partition coefficient (Wildman–Crippen LogP) is 3.90. The molecular weight excluding hydrogens is 463 g/mol. The zero-order chi connectivity index (χ0) is 25.9. The minimum absolute atomic E-state index is 0. The molecule has 4 heterocycles. The normalized spacial score (nSPS) is 16.1. The number of pyridine rings is 2. The highest BCUT2D eigenvalue weighted by Gasteiger charge is 2.32. The van der Waals surface area contributed by atoms with Gasteiger partial charge in [0.2, 0.25) is 11.9 Å². The molecule has 1 saturated heterocycles. The zero-order valence-corrected chi connectivity index (χ0v) is 20.4. The average molecular weight is 499 g/mol. The Labute approximate surface area is 212 Å². The standard InChI is InChI=1S/C25H29FN8O2.3H2/c1-25(2)5-4-6-34(25)14-21(35)31-18-9-20(22(26)29-13-18)33-24(36)16-7-15-8-19(17(10-27)11-28-3)32-23(15)30-12-16;;;/h7-13H,4-6,14,27H2,1-3H3,(H,30,32)(H,31,35)(H,33,36);3*1H/b17-10+,28-11?;;;. The van der Waals surface area contributed by atoms with E-state index in [4.69, 9.17) is 5.73 Å².